The topological polar surface area (TPSA) is 83.5 Å². The number of benzene rings is 1. The normalized spacial score (nSPS) is 8.54. The lowest BCUT2D eigenvalue weighted by atomic mass is 10.1. The number of rotatable bonds is 1. The number of phenols is 2. The maximum absolute atomic E-state index is 10.7. The van der Waals surface area contributed by atoms with Crippen LogP contribution in [-0.2, 0) is 0 Å². The predicted molar refractivity (Wildman–Crippen MR) is 49.9 cm³/mol. The molecule has 1 rings (SSSR count). The van der Waals surface area contributed by atoms with Gasteiger partial charge in [0, 0.05) is 5.56 Å². The molecule has 4 N–H and O–H groups in total. The zero-order chi connectivity index (χ0) is 10.4. The van der Waals surface area contributed by atoms with E-state index in [0.717, 1.165) is 0 Å². The molecule has 4 nitrogen and oxygen atoms in total. The molecule has 0 radical (unpaired) electrons. The van der Waals surface area contributed by atoms with Crippen molar-refractivity contribution in [3.8, 4) is 11.5 Å². The summed E-state index contributed by atoms with van der Waals surface area (Å²) in [5, 5.41) is 17.8. The highest BCUT2D eigenvalue weighted by molar-refractivity contribution is 5.94. The van der Waals surface area contributed by atoms with E-state index in [1.807, 2.05) is 0 Å². The summed E-state index contributed by atoms with van der Waals surface area (Å²) in [6, 6.07) is 3.97. The van der Waals surface area contributed by atoms with Crippen LogP contribution in [0.5, 0.6) is 11.5 Å². The molecule has 0 amide bonds. The van der Waals surface area contributed by atoms with Gasteiger partial charge in [0.15, 0.2) is 17.3 Å². The molecule has 0 saturated carbocycles. The number of nitrogens with two attached hydrogens (primary N) is 1. The molecule has 0 aliphatic rings. The summed E-state index contributed by atoms with van der Waals surface area (Å²) in [6.45, 7) is 1.39. The number of Topliss-reactive ketones (excluding diaryl/α,β-unsaturated/α-hetero) is 1. The molecule has 0 heterocycles. The molecule has 0 fully saturated rings. The van der Waals surface area contributed by atoms with Gasteiger partial charge < -0.3 is 15.9 Å². The molecule has 1 aromatic rings. The van der Waals surface area contributed by atoms with Crippen molar-refractivity contribution in [3.63, 3.8) is 0 Å². The summed E-state index contributed by atoms with van der Waals surface area (Å²) in [4.78, 5) is 10.7. The lowest BCUT2D eigenvalue weighted by Crippen LogP contribution is -1.89. The van der Waals surface area contributed by atoms with E-state index in [1.54, 1.807) is 0 Å². The minimum absolute atomic E-state index is 0.139. The molecule has 72 valence electrons. The Morgan fingerprint density at radius 2 is 1.77 bits per heavy atom. The molecule has 13 heavy (non-hydrogen) atoms. The van der Waals surface area contributed by atoms with Crippen molar-refractivity contribution in [2.75, 3.05) is 7.05 Å². The molecular formula is C9H13NO3. The van der Waals surface area contributed by atoms with E-state index in [-0.39, 0.29) is 17.3 Å². The minimum Gasteiger partial charge on any atom is -0.504 e. The van der Waals surface area contributed by atoms with Crippen LogP contribution in [0.4, 0.5) is 0 Å². The number of carbonyl (C=O) groups excluding carboxylic acids is 1. The molecule has 0 aliphatic heterocycles. The molecule has 1 aromatic carbocycles. The maximum atomic E-state index is 10.7. The van der Waals surface area contributed by atoms with Crippen LogP contribution in [0.25, 0.3) is 0 Å². The molecule has 0 bridgehead atoms. The van der Waals surface area contributed by atoms with Gasteiger partial charge in [0.05, 0.1) is 0 Å². The average Bonchev–Trinajstić information content (AvgIpc) is 2.13. The zero-order valence-corrected chi connectivity index (χ0v) is 7.61. The summed E-state index contributed by atoms with van der Waals surface area (Å²) in [5.41, 5.74) is 4.89. The van der Waals surface area contributed by atoms with Crippen LogP contribution in [0, 0.1) is 0 Å². The lowest BCUT2D eigenvalue weighted by Gasteiger charge is -1.98. The van der Waals surface area contributed by atoms with Gasteiger partial charge in [0.25, 0.3) is 0 Å². The Kier molecular flexibility index (Phi) is 4.54. The Labute approximate surface area is 76.6 Å². The predicted octanol–water partition coefficient (Wildman–Crippen LogP) is 0.875. The second kappa shape index (κ2) is 5.16. The van der Waals surface area contributed by atoms with Gasteiger partial charge in [0.1, 0.15) is 0 Å². The van der Waals surface area contributed by atoms with Crippen molar-refractivity contribution in [1.82, 2.24) is 0 Å². The van der Waals surface area contributed by atoms with Gasteiger partial charge in [-0.1, -0.05) is 0 Å². The van der Waals surface area contributed by atoms with Crippen LogP contribution in [0.1, 0.15) is 17.3 Å². The molecule has 0 unspecified atom stereocenters. The number of aromatic hydroxyl groups is 2. The average molecular weight is 183 g/mol. The lowest BCUT2D eigenvalue weighted by molar-refractivity contribution is 0.101. The SMILES string of the molecule is CC(=O)c1ccc(O)c(O)c1.CN. The Morgan fingerprint density at radius 1 is 1.23 bits per heavy atom. The first-order chi connectivity index (χ1) is 6.11. The molecule has 0 aliphatic carbocycles. The monoisotopic (exact) mass is 183 g/mol. The number of ketones is 1. The standard InChI is InChI=1S/C8H8O3.CH5N/c1-5(9)6-2-3-7(10)8(11)4-6;1-2/h2-4,10-11H,1H3;2H2,1H3. The first-order valence-electron chi connectivity index (χ1n) is 3.72. The first kappa shape index (κ1) is 11.4. The van der Waals surface area contributed by atoms with Crippen molar-refractivity contribution >= 4 is 5.78 Å². The summed E-state index contributed by atoms with van der Waals surface area (Å²) < 4.78 is 0. The van der Waals surface area contributed by atoms with Crippen molar-refractivity contribution in [3.05, 3.63) is 23.8 Å². The summed E-state index contributed by atoms with van der Waals surface area (Å²) >= 11 is 0. The summed E-state index contributed by atoms with van der Waals surface area (Å²) in [7, 11) is 1.50. The Hall–Kier alpha value is -1.55. The van der Waals surface area contributed by atoms with Crippen LogP contribution in [-0.4, -0.2) is 23.0 Å². The van der Waals surface area contributed by atoms with Crippen LogP contribution in [0.2, 0.25) is 0 Å². The molecule has 0 spiro atoms. The molecule has 4 heteroatoms. The van der Waals surface area contributed by atoms with E-state index in [4.69, 9.17) is 10.2 Å². The number of hydrogen-bond donors (Lipinski definition) is 3. The van der Waals surface area contributed by atoms with Crippen LogP contribution in [0.3, 0.4) is 0 Å². The van der Waals surface area contributed by atoms with E-state index in [9.17, 15) is 4.79 Å². The third kappa shape index (κ3) is 3.13. The van der Waals surface area contributed by atoms with Crippen molar-refractivity contribution < 1.29 is 15.0 Å². The molecule has 0 saturated heterocycles. The highest BCUT2D eigenvalue weighted by Gasteiger charge is 2.02. The number of phenolic OH excluding ortho intramolecular Hbond substituents is 2. The molecule has 0 atom stereocenters. The number of carbonyl (C=O) groups is 1. The largest absolute Gasteiger partial charge is 0.504 e. The zero-order valence-electron chi connectivity index (χ0n) is 7.61. The summed E-state index contributed by atoms with van der Waals surface area (Å²) in [5.74, 6) is -0.618. The fraction of sp³-hybridized carbons (Fsp3) is 0.222. The maximum Gasteiger partial charge on any atom is 0.159 e. The first-order valence-corrected chi connectivity index (χ1v) is 3.72. The van der Waals surface area contributed by atoms with Gasteiger partial charge in [-0.3, -0.25) is 4.79 Å². The Morgan fingerprint density at radius 3 is 2.15 bits per heavy atom. The van der Waals surface area contributed by atoms with Gasteiger partial charge in [-0.05, 0) is 32.2 Å². The molecule has 0 aromatic heterocycles. The highest BCUT2D eigenvalue weighted by atomic mass is 16.3. The Bertz CT molecular complexity index is 297. The van der Waals surface area contributed by atoms with Crippen molar-refractivity contribution in [1.29, 1.82) is 0 Å². The van der Waals surface area contributed by atoms with Crippen molar-refractivity contribution in [2.45, 2.75) is 6.92 Å². The van der Waals surface area contributed by atoms with Crippen LogP contribution < -0.4 is 5.73 Å². The summed E-state index contributed by atoms with van der Waals surface area (Å²) in [6.07, 6.45) is 0. The van der Waals surface area contributed by atoms with Gasteiger partial charge in [-0.2, -0.15) is 0 Å². The van der Waals surface area contributed by atoms with E-state index >= 15 is 0 Å². The fourth-order valence-electron chi connectivity index (χ4n) is 0.742. The van der Waals surface area contributed by atoms with Gasteiger partial charge in [-0.25, -0.2) is 0 Å². The number of hydrogen-bond acceptors (Lipinski definition) is 4. The smallest absolute Gasteiger partial charge is 0.159 e. The van der Waals surface area contributed by atoms with Gasteiger partial charge in [-0.15, -0.1) is 0 Å². The highest BCUT2D eigenvalue weighted by Crippen LogP contribution is 2.24. The van der Waals surface area contributed by atoms with E-state index in [2.05, 4.69) is 5.73 Å². The quantitative estimate of drug-likeness (QED) is 0.445. The second-order valence-corrected chi connectivity index (χ2v) is 2.26. The van der Waals surface area contributed by atoms with E-state index in [1.165, 1.54) is 32.2 Å². The van der Waals surface area contributed by atoms with E-state index in [0.29, 0.717) is 5.56 Å². The van der Waals surface area contributed by atoms with Gasteiger partial charge >= 0.3 is 0 Å². The van der Waals surface area contributed by atoms with Gasteiger partial charge in [0.2, 0.25) is 0 Å². The van der Waals surface area contributed by atoms with Crippen molar-refractivity contribution in [2.24, 2.45) is 5.73 Å². The van der Waals surface area contributed by atoms with Crippen LogP contribution >= 0.6 is 0 Å². The second-order valence-electron chi connectivity index (χ2n) is 2.26. The molecular weight excluding hydrogens is 170 g/mol. The fourth-order valence-corrected chi connectivity index (χ4v) is 0.742. The third-order valence-corrected chi connectivity index (χ3v) is 1.38. The van der Waals surface area contributed by atoms with Crippen LogP contribution in [0.15, 0.2) is 18.2 Å². The minimum atomic E-state index is -0.266. The third-order valence-electron chi connectivity index (χ3n) is 1.38. The Balaban J connectivity index is 0.000000671. The van der Waals surface area contributed by atoms with E-state index < -0.39 is 0 Å².